The van der Waals surface area contributed by atoms with Crippen molar-refractivity contribution >= 4 is 29.0 Å². The summed E-state index contributed by atoms with van der Waals surface area (Å²) in [4.78, 5) is 31.2. The van der Waals surface area contributed by atoms with Gasteiger partial charge in [-0.15, -0.1) is 0 Å². The number of rotatable bonds is 3. The summed E-state index contributed by atoms with van der Waals surface area (Å²) < 4.78 is 0. The van der Waals surface area contributed by atoms with Crippen molar-refractivity contribution in [3.8, 4) is 0 Å². The van der Waals surface area contributed by atoms with Gasteiger partial charge in [-0.25, -0.2) is 14.6 Å². The Bertz CT molecular complexity index is 858. The third-order valence-corrected chi connectivity index (χ3v) is 3.87. The number of hydrogen-bond donors (Lipinski definition) is 2. The van der Waals surface area contributed by atoms with Crippen LogP contribution in [0.2, 0.25) is 0 Å². The molecule has 0 bridgehead atoms. The van der Waals surface area contributed by atoms with Gasteiger partial charge in [0.1, 0.15) is 0 Å². The molecule has 0 spiro atoms. The van der Waals surface area contributed by atoms with Gasteiger partial charge in [0, 0.05) is 7.05 Å². The summed E-state index contributed by atoms with van der Waals surface area (Å²) >= 11 is 0. The number of allylic oxidation sites excluding steroid dienone is 3. The van der Waals surface area contributed by atoms with Crippen LogP contribution in [-0.2, 0) is 4.79 Å². The molecule has 0 aromatic heterocycles. The predicted molar refractivity (Wildman–Crippen MR) is 92.8 cm³/mol. The summed E-state index contributed by atoms with van der Waals surface area (Å²) in [5.41, 5.74) is 3.66. The van der Waals surface area contributed by atoms with Crippen LogP contribution in [0.4, 0.5) is 5.69 Å². The minimum absolute atomic E-state index is 0.0301. The number of carboxylic acid groups (broad SMARTS) is 2. The molecule has 1 aromatic rings. The number of aryl methyl sites for hydroxylation is 2. The molecule has 1 aliphatic rings. The van der Waals surface area contributed by atoms with Crippen molar-refractivity contribution in [2.24, 2.45) is 9.98 Å². The first kappa shape index (κ1) is 17.3. The minimum Gasteiger partial charge on any atom is -0.478 e. The third-order valence-electron chi connectivity index (χ3n) is 3.87. The van der Waals surface area contributed by atoms with Crippen LogP contribution >= 0.6 is 0 Å². The standard InChI is InChI=1S/C18H18N2O4/c1-9-5-12(17(21)22)16(6-10(9)2)20-14-8-13(18(23)24)15(19-4)7-11(14)3/h5-8H,1-4H3,(H,21,22)(H,23,24). The highest BCUT2D eigenvalue weighted by Crippen LogP contribution is 2.26. The van der Waals surface area contributed by atoms with E-state index in [4.69, 9.17) is 0 Å². The van der Waals surface area contributed by atoms with Crippen LogP contribution < -0.4 is 0 Å². The Kier molecular flexibility index (Phi) is 4.78. The molecular weight excluding hydrogens is 308 g/mol. The second-order valence-corrected chi connectivity index (χ2v) is 5.56. The summed E-state index contributed by atoms with van der Waals surface area (Å²) in [6, 6.07) is 3.26. The highest BCUT2D eigenvalue weighted by molar-refractivity contribution is 6.33. The largest absolute Gasteiger partial charge is 0.478 e. The number of aliphatic imine (C=N–C) groups is 2. The summed E-state index contributed by atoms with van der Waals surface area (Å²) in [6.07, 6.45) is 3.05. The molecule has 0 aliphatic heterocycles. The summed E-state index contributed by atoms with van der Waals surface area (Å²) in [6.45, 7) is 5.48. The SMILES string of the molecule is CN=C1C=C(C)C(=Nc2cc(C)c(C)cc2C(=O)O)C=C1C(=O)O. The van der Waals surface area contributed by atoms with Gasteiger partial charge in [0.25, 0.3) is 0 Å². The van der Waals surface area contributed by atoms with Crippen molar-refractivity contribution in [2.45, 2.75) is 20.8 Å². The van der Waals surface area contributed by atoms with Gasteiger partial charge >= 0.3 is 11.9 Å². The first-order valence-electron chi connectivity index (χ1n) is 7.28. The highest BCUT2D eigenvalue weighted by Gasteiger charge is 2.20. The van der Waals surface area contributed by atoms with E-state index in [0.717, 1.165) is 16.7 Å². The van der Waals surface area contributed by atoms with Crippen LogP contribution in [0.1, 0.15) is 28.4 Å². The van der Waals surface area contributed by atoms with Gasteiger partial charge in [-0.1, -0.05) is 0 Å². The van der Waals surface area contributed by atoms with Crippen LogP contribution in [-0.4, -0.2) is 40.6 Å². The summed E-state index contributed by atoms with van der Waals surface area (Å²) in [5.74, 6) is -2.18. The molecule has 0 atom stereocenters. The first-order chi connectivity index (χ1) is 11.2. The molecule has 1 aromatic carbocycles. The molecule has 0 amide bonds. The van der Waals surface area contributed by atoms with E-state index in [1.165, 1.54) is 13.1 Å². The molecule has 0 unspecified atom stereocenters. The monoisotopic (exact) mass is 326 g/mol. The predicted octanol–water partition coefficient (Wildman–Crippen LogP) is 3.12. The summed E-state index contributed by atoms with van der Waals surface area (Å²) in [5, 5.41) is 18.7. The van der Waals surface area contributed by atoms with Gasteiger partial charge in [0.05, 0.1) is 28.2 Å². The maximum atomic E-state index is 11.5. The van der Waals surface area contributed by atoms with Crippen molar-refractivity contribution < 1.29 is 19.8 Å². The Balaban J connectivity index is 2.65. The van der Waals surface area contributed by atoms with Crippen molar-refractivity contribution in [1.82, 2.24) is 0 Å². The molecule has 2 rings (SSSR count). The topological polar surface area (TPSA) is 99.3 Å². The van der Waals surface area contributed by atoms with E-state index >= 15 is 0 Å². The van der Waals surface area contributed by atoms with Crippen LogP contribution in [0.15, 0.2) is 45.4 Å². The fourth-order valence-corrected chi connectivity index (χ4v) is 2.35. The van der Waals surface area contributed by atoms with E-state index in [-0.39, 0.29) is 11.1 Å². The molecule has 0 saturated heterocycles. The number of aliphatic carboxylic acids is 1. The Labute approximate surface area is 139 Å². The Morgan fingerprint density at radius 3 is 2.08 bits per heavy atom. The van der Waals surface area contributed by atoms with E-state index in [1.54, 1.807) is 25.1 Å². The van der Waals surface area contributed by atoms with Gasteiger partial charge in [-0.3, -0.25) is 4.99 Å². The van der Waals surface area contributed by atoms with Crippen molar-refractivity contribution in [1.29, 1.82) is 0 Å². The molecule has 2 N–H and O–H groups in total. The van der Waals surface area contributed by atoms with Gasteiger partial charge in [0.15, 0.2) is 0 Å². The van der Waals surface area contributed by atoms with E-state index in [0.29, 0.717) is 17.1 Å². The molecule has 24 heavy (non-hydrogen) atoms. The molecule has 0 saturated carbocycles. The molecule has 0 radical (unpaired) electrons. The molecule has 1 aliphatic carbocycles. The Morgan fingerprint density at radius 2 is 1.54 bits per heavy atom. The molecule has 0 fully saturated rings. The second kappa shape index (κ2) is 6.62. The maximum Gasteiger partial charge on any atom is 0.337 e. The van der Waals surface area contributed by atoms with Crippen LogP contribution in [0.25, 0.3) is 0 Å². The number of benzene rings is 1. The minimum atomic E-state index is -1.11. The van der Waals surface area contributed by atoms with E-state index in [9.17, 15) is 19.8 Å². The lowest BCUT2D eigenvalue weighted by Gasteiger charge is -2.14. The number of aromatic carboxylic acids is 1. The van der Waals surface area contributed by atoms with Crippen molar-refractivity contribution in [3.63, 3.8) is 0 Å². The number of carboxylic acids is 2. The number of hydrogen-bond acceptors (Lipinski definition) is 4. The zero-order valence-electron chi connectivity index (χ0n) is 13.9. The third kappa shape index (κ3) is 3.32. The summed E-state index contributed by atoms with van der Waals surface area (Å²) in [7, 11) is 1.52. The molecule has 6 nitrogen and oxygen atoms in total. The Hall–Kier alpha value is -3.02. The quantitative estimate of drug-likeness (QED) is 0.834. The smallest absolute Gasteiger partial charge is 0.337 e. The van der Waals surface area contributed by atoms with Gasteiger partial charge in [-0.2, -0.15) is 0 Å². The molecule has 6 heteroatoms. The van der Waals surface area contributed by atoms with Gasteiger partial charge < -0.3 is 10.2 Å². The first-order valence-corrected chi connectivity index (χ1v) is 7.28. The number of carbonyl (C=O) groups is 2. The lowest BCUT2D eigenvalue weighted by Crippen LogP contribution is -2.18. The van der Waals surface area contributed by atoms with Gasteiger partial charge in [-0.05, 0) is 61.8 Å². The van der Waals surface area contributed by atoms with Gasteiger partial charge in [0.2, 0.25) is 0 Å². The average molecular weight is 326 g/mol. The fourth-order valence-electron chi connectivity index (χ4n) is 2.35. The lowest BCUT2D eigenvalue weighted by molar-refractivity contribution is -0.132. The van der Waals surface area contributed by atoms with E-state index in [2.05, 4.69) is 9.98 Å². The lowest BCUT2D eigenvalue weighted by atomic mass is 9.96. The van der Waals surface area contributed by atoms with Crippen molar-refractivity contribution in [2.75, 3.05) is 7.05 Å². The van der Waals surface area contributed by atoms with E-state index < -0.39 is 11.9 Å². The highest BCUT2D eigenvalue weighted by atomic mass is 16.4. The fraction of sp³-hybridized carbons (Fsp3) is 0.222. The van der Waals surface area contributed by atoms with Crippen LogP contribution in [0.5, 0.6) is 0 Å². The second-order valence-electron chi connectivity index (χ2n) is 5.56. The van der Waals surface area contributed by atoms with Crippen LogP contribution in [0, 0.1) is 13.8 Å². The molecular formula is C18H18N2O4. The van der Waals surface area contributed by atoms with Crippen molar-refractivity contribution in [3.05, 3.63) is 52.1 Å². The normalized spacial score (nSPS) is 17.7. The Morgan fingerprint density at radius 1 is 0.917 bits per heavy atom. The van der Waals surface area contributed by atoms with Crippen LogP contribution in [0.3, 0.4) is 0 Å². The molecule has 124 valence electrons. The molecule has 0 heterocycles. The average Bonchev–Trinajstić information content (AvgIpc) is 2.51. The zero-order valence-corrected chi connectivity index (χ0v) is 13.9. The number of nitrogens with zero attached hydrogens (tertiary/aromatic N) is 2. The maximum absolute atomic E-state index is 11.5. The zero-order chi connectivity index (χ0) is 18.0. The van der Waals surface area contributed by atoms with E-state index in [1.807, 2.05) is 13.8 Å².